The number of para-hydroxylation sites is 2. The van der Waals surface area contributed by atoms with Crippen LogP contribution in [0.1, 0.15) is 45.4 Å². The number of benzene rings is 1. The normalized spacial score (nSPS) is 15.5. The van der Waals surface area contributed by atoms with E-state index in [1.807, 2.05) is 10.6 Å². The smallest absolute Gasteiger partial charge is 0.204 e. The molecule has 1 aromatic carbocycles. The van der Waals surface area contributed by atoms with Crippen LogP contribution >= 0.6 is 0 Å². The van der Waals surface area contributed by atoms with Crippen LogP contribution < -0.4 is 5.62 Å². The number of rotatable bonds is 12. The van der Waals surface area contributed by atoms with Gasteiger partial charge in [-0.2, -0.15) is 0 Å². The Morgan fingerprint density at radius 1 is 0.929 bits per heavy atom. The number of imidazole rings is 1. The number of fused-ring (bicyclic) bond motifs is 1. The van der Waals surface area contributed by atoms with Crippen LogP contribution in [0.25, 0.3) is 11.0 Å². The van der Waals surface area contributed by atoms with Gasteiger partial charge in [0.05, 0.1) is 24.2 Å². The molecule has 1 aliphatic rings. The molecular formula is C22H36N4O2. The largest absolute Gasteiger partial charge is 0.379 e. The Morgan fingerprint density at radius 2 is 1.61 bits per heavy atom. The number of hydrogen-bond acceptors (Lipinski definition) is 4. The van der Waals surface area contributed by atoms with Gasteiger partial charge >= 0.3 is 0 Å². The van der Waals surface area contributed by atoms with Gasteiger partial charge in [0, 0.05) is 32.8 Å². The number of morpholine rings is 1. The van der Waals surface area contributed by atoms with Gasteiger partial charge in [0.1, 0.15) is 6.73 Å². The summed E-state index contributed by atoms with van der Waals surface area (Å²) in [6.07, 6.45) is 7.60. The zero-order chi connectivity index (χ0) is 19.6. The molecule has 1 aliphatic heterocycles. The maximum Gasteiger partial charge on any atom is 0.204 e. The van der Waals surface area contributed by atoms with Gasteiger partial charge in [-0.3, -0.25) is 14.9 Å². The molecule has 2 aromatic rings. The number of hydrogen-bond donors (Lipinski definition) is 1. The number of aromatic nitrogens is 2. The highest BCUT2D eigenvalue weighted by Crippen LogP contribution is 2.13. The van der Waals surface area contributed by atoms with Crippen LogP contribution in [0, 0.1) is 5.41 Å². The summed E-state index contributed by atoms with van der Waals surface area (Å²) in [6, 6.07) is 8.29. The van der Waals surface area contributed by atoms with Gasteiger partial charge in [-0.05, 0) is 18.6 Å². The van der Waals surface area contributed by atoms with E-state index in [1.165, 1.54) is 32.1 Å². The first-order valence-corrected chi connectivity index (χ1v) is 10.9. The van der Waals surface area contributed by atoms with E-state index < -0.39 is 0 Å². The van der Waals surface area contributed by atoms with E-state index in [0.717, 1.165) is 63.5 Å². The Bertz CT molecular complexity index is 761. The molecule has 1 saturated heterocycles. The predicted octanol–water partition coefficient (Wildman–Crippen LogP) is 3.59. The van der Waals surface area contributed by atoms with Crippen LogP contribution in [0.5, 0.6) is 0 Å². The quantitative estimate of drug-likeness (QED) is 0.565. The average molecular weight is 389 g/mol. The molecule has 6 nitrogen and oxygen atoms in total. The summed E-state index contributed by atoms with van der Waals surface area (Å²) in [6.45, 7) is 8.83. The third kappa shape index (κ3) is 5.69. The van der Waals surface area contributed by atoms with Gasteiger partial charge in [-0.25, -0.2) is 0 Å². The van der Waals surface area contributed by atoms with E-state index in [2.05, 4.69) is 34.6 Å². The summed E-state index contributed by atoms with van der Waals surface area (Å²) in [5, 5.41) is 8.69. The molecule has 2 heterocycles. The van der Waals surface area contributed by atoms with E-state index >= 15 is 0 Å². The van der Waals surface area contributed by atoms with Crippen molar-refractivity contribution in [1.29, 1.82) is 5.41 Å². The molecule has 3 rings (SSSR count). The minimum atomic E-state index is 0.457. The monoisotopic (exact) mass is 388 g/mol. The molecule has 1 aromatic heterocycles. The molecule has 6 heteroatoms. The van der Waals surface area contributed by atoms with Crippen LogP contribution in [0.3, 0.4) is 0 Å². The minimum Gasteiger partial charge on any atom is -0.379 e. The van der Waals surface area contributed by atoms with Crippen molar-refractivity contribution in [2.75, 3.05) is 39.5 Å². The Kier molecular flexibility index (Phi) is 8.58. The number of nitrogens with one attached hydrogen (secondary N) is 1. The predicted molar refractivity (Wildman–Crippen MR) is 112 cm³/mol. The van der Waals surface area contributed by atoms with E-state index in [9.17, 15) is 0 Å². The zero-order valence-corrected chi connectivity index (χ0v) is 17.4. The van der Waals surface area contributed by atoms with Crippen LogP contribution in [0.15, 0.2) is 24.3 Å². The molecule has 0 bridgehead atoms. The van der Waals surface area contributed by atoms with E-state index in [4.69, 9.17) is 14.9 Å². The summed E-state index contributed by atoms with van der Waals surface area (Å²) < 4.78 is 15.5. The van der Waals surface area contributed by atoms with E-state index in [-0.39, 0.29) is 0 Å². The molecule has 0 unspecified atom stereocenters. The van der Waals surface area contributed by atoms with Gasteiger partial charge in [-0.15, -0.1) is 0 Å². The fourth-order valence-electron chi connectivity index (χ4n) is 3.86. The molecule has 28 heavy (non-hydrogen) atoms. The standard InChI is InChI=1S/C22H36N4O2/c1-2-3-4-5-6-9-16-28-19-26-21-11-8-7-10-20(21)25(22(26)23)13-12-24-14-17-27-18-15-24/h7-8,10-11,23H,2-6,9,12-19H2,1H3. The molecular weight excluding hydrogens is 352 g/mol. The number of unbranched alkanes of at least 4 members (excludes halogenated alkanes) is 5. The fourth-order valence-corrected chi connectivity index (χ4v) is 3.86. The second kappa shape index (κ2) is 11.4. The van der Waals surface area contributed by atoms with Gasteiger partial charge in [0.15, 0.2) is 0 Å². The lowest BCUT2D eigenvalue weighted by atomic mass is 10.1. The number of ether oxygens (including phenoxy) is 2. The molecule has 0 amide bonds. The van der Waals surface area contributed by atoms with Crippen molar-refractivity contribution >= 4 is 11.0 Å². The first kappa shape index (κ1) is 21.1. The third-order valence-electron chi connectivity index (χ3n) is 5.58. The molecule has 1 N–H and O–H groups in total. The van der Waals surface area contributed by atoms with Crippen LogP contribution in [-0.2, 0) is 22.7 Å². The van der Waals surface area contributed by atoms with Crippen LogP contribution in [0.4, 0.5) is 0 Å². The summed E-state index contributed by atoms with van der Waals surface area (Å²) in [5.41, 5.74) is 2.72. The Labute approximate surface area is 168 Å². The van der Waals surface area contributed by atoms with Gasteiger partial charge in [-0.1, -0.05) is 51.2 Å². The highest BCUT2D eigenvalue weighted by atomic mass is 16.5. The Morgan fingerprint density at radius 3 is 2.36 bits per heavy atom. The highest BCUT2D eigenvalue weighted by Gasteiger charge is 2.14. The molecule has 0 spiro atoms. The maximum absolute atomic E-state index is 8.69. The maximum atomic E-state index is 8.69. The second-order valence-electron chi connectivity index (χ2n) is 7.65. The average Bonchev–Trinajstić information content (AvgIpc) is 3.00. The lowest BCUT2D eigenvalue weighted by Crippen LogP contribution is -2.39. The SMILES string of the molecule is CCCCCCCCOCn1c(=N)n(CCN2CCOCC2)c2ccccc21. The van der Waals surface area contributed by atoms with Crippen molar-refractivity contribution in [1.82, 2.24) is 14.0 Å². The Balaban J connectivity index is 1.56. The summed E-state index contributed by atoms with van der Waals surface area (Å²) >= 11 is 0. The van der Waals surface area contributed by atoms with Crippen molar-refractivity contribution < 1.29 is 9.47 Å². The first-order valence-electron chi connectivity index (χ1n) is 10.9. The Hall–Kier alpha value is -1.63. The minimum absolute atomic E-state index is 0.457. The molecule has 1 fully saturated rings. The summed E-state index contributed by atoms with van der Waals surface area (Å²) in [5.74, 6) is 0. The molecule has 0 saturated carbocycles. The van der Waals surface area contributed by atoms with Crippen molar-refractivity contribution in [2.24, 2.45) is 0 Å². The van der Waals surface area contributed by atoms with E-state index in [1.54, 1.807) is 0 Å². The van der Waals surface area contributed by atoms with Crippen molar-refractivity contribution in [3.63, 3.8) is 0 Å². The van der Waals surface area contributed by atoms with Crippen LogP contribution in [0.2, 0.25) is 0 Å². The fraction of sp³-hybridized carbons (Fsp3) is 0.682. The van der Waals surface area contributed by atoms with E-state index in [0.29, 0.717) is 12.3 Å². The van der Waals surface area contributed by atoms with Crippen molar-refractivity contribution in [2.45, 2.75) is 58.7 Å². The molecule has 0 radical (unpaired) electrons. The zero-order valence-electron chi connectivity index (χ0n) is 17.4. The van der Waals surface area contributed by atoms with Gasteiger partial charge in [0.2, 0.25) is 5.62 Å². The van der Waals surface area contributed by atoms with Crippen molar-refractivity contribution in [3.8, 4) is 0 Å². The molecule has 0 aliphatic carbocycles. The van der Waals surface area contributed by atoms with Crippen LogP contribution in [-0.4, -0.2) is 53.5 Å². The first-order chi connectivity index (χ1) is 13.8. The third-order valence-corrected chi connectivity index (χ3v) is 5.58. The summed E-state index contributed by atoms with van der Waals surface area (Å²) in [7, 11) is 0. The lowest BCUT2D eigenvalue weighted by Gasteiger charge is -2.26. The topological polar surface area (TPSA) is 55.4 Å². The second-order valence-corrected chi connectivity index (χ2v) is 7.65. The van der Waals surface area contributed by atoms with Gasteiger partial charge < -0.3 is 14.0 Å². The highest BCUT2D eigenvalue weighted by molar-refractivity contribution is 5.75. The lowest BCUT2D eigenvalue weighted by molar-refractivity contribution is 0.0362. The molecule has 156 valence electrons. The summed E-state index contributed by atoms with van der Waals surface area (Å²) in [4.78, 5) is 2.41. The van der Waals surface area contributed by atoms with Gasteiger partial charge in [0.25, 0.3) is 0 Å². The van der Waals surface area contributed by atoms with Crippen molar-refractivity contribution in [3.05, 3.63) is 29.9 Å². The number of nitrogens with zero attached hydrogens (tertiary/aromatic N) is 3. The molecule has 0 atom stereocenters.